The van der Waals surface area contributed by atoms with Crippen molar-refractivity contribution in [1.82, 2.24) is 0 Å². The van der Waals surface area contributed by atoms with Gasteiger partial charge in [-0.05, 0) is 102 Å². The van der Waals surface area contributed by atoms with Crippen molar-refractivity contribution in [3.8, 4) is 66.8 Å². The van der Waals surface area contributed by atoms with E-state index in [0.717, 1.165) is 21.9 Å². The average molecular weight is 597 g/mol. The Morgan fingerprint density at radius 2 is 0.872 bits per heavy atom. The first-order valence-electron chi connectivity index (χ1n) is 16.2. The van der Waals surface area contributed by atoms with Crippen molar-refractivity contribution in [1.29, 1.82) is 0 Å². The second kappa shape index (κ2) is 10.2. The number of rotatable bonds is 4. The van der Waals surface area contributed by atoms with E-state index in [1.165, 1.54) is 77.5 Å². The zero-order chi connectivity index (χ0) is 30.9. The number of hydrogen-bond donors (Lipinski definition) is 0. The summed E-state index contributed by atoms with van der Waals surface area (Å²) >= 11 is 0. The molecule has 0 amide bonds. The molecular weight excluding hydrogens is 569 g/mol. The third-order valence-electron chi connectivity index (χ3n) is 9.82. The zero-order valence-electron chi connectivity index (χ0n) is 25.6. The van der Waals surface area contributed by atoms with Crippen LogP contribution in [0.3, 0.4) is 0 Å². The first-order valence-corrected chi connectivity index (χ1v) is 16.2. The minimum absolute atomic E-state index is 0.918. The molecule has 0 spiro atoms. The van der Waals surface area contributed by atoms with Gasteiger partial charge in [0.1, 0.15) is 11.2 Å². The molecule has 10 rings (SSSR count). The van der Waals surface area contributed by atoms with Gasteiger partial charge in [-0.2, -0.15) is 0 Å². The lowest BCUT2D eigenvalue weighted by molar-refractivity contribution is 0.669. The molecule has 0 radical (unpaired) electrons. The van der Waals surface area contributed by atoms with Gasteiger partial charge < -0.3 is 4.42 Å². The van der Waals surface area contributed by atoms with Crippen molar-refractivity contribution in [2.75, 3.05) is 0 Å². The Hall–Kier alpha value is -6.18. The Bertz CT molecular complexity index is 2640. The molecule has 9 aromatic rings. The van der Waals surface area contributed by atoms with Crippen LogP contribution in [0.4, 0.5) is 0 Å². The molecule has 1 aliphatic carbocycles. The van der Waals surface area contributed by atoms with Crippen molar-refractivity contribution < 1.29 is 4.42 Å². The van der Waals surface area contributed by atoms with Gasteiger partial charge >= 0.3 is 0 Å². The highest BCUT2D eigenvalue weighted by Crippen LogP contribution is 2.57. The molecule has 0 saturated heterocycles. The number of para-hydroxylation sites is 1. The Kier molecular flexibility index (Phi) is 5.64. The molecule has 47 heavy (non-hydrogen) atoms. The van der Waals surface area contributed by atoms with Gasteiger partial charge in [0.25, 0.3) is 0 Å². The van der Waals surface area contributed by atoms with Gasteiger partial charge in [0.05, 0.1) is 0 Å². The minimum Gasteiger partial charge on any atom is -0.456 e. The highest BCUT2D eigenvalue weighted by atomic mass is 16.3. The first-order chi connectivity index (χ1) is 23.3. The largest absolute Gasteiger partial charge is 0.456 e. The first kappa shape index (κ1) is 26.1. The van der Waals surface area contributed by atoms with Crippen LogP contribution in [0.2, 0.25) is 0 Å². The quantitative estimate of drug-likeness (QED) is 0.197. The molecule has 218 valence electrons. The topological polar surface area (TPSA) is 13.1 Å². The van der Waals surface area contributed by atoms with E-state index in [1.807, 2.05) is 12.1 Å². The predicted octanol–water partition coefficient (Wildman–Crippen LogP) is 13.1. The summed E-state index contributed by atoms with van der Waals surface area (Å²) in [4.78, 5) is 0. The lowest BCUT2D eigenvalue weighted by Crippen LogP contribution is -1.94. The van der Waals surface area contributed by atoms with Crippen LogP contribution in [0.25, 0.3) is 99.5 Å². The molecule has 1 aliphatic rings. The minimum atomic E-state index is 0.918. The Labute approximate surface area is 273 Å². The fourth-order valence-electron chi connectivity index (χ4n) is 7.72. The molecule has 0 saturated carbocycles. The smallest absolute Gasteiger partial charge is 0.135 e. The number of fused-ring (bicyclic) bond motifs is 6. The maximum Gasteiger partial charge on any atom is 0.135 e. The van der Waals surface area contributed by atoms with Gasteiger partial charge in [0, 0.05) is 10.8 Å². The van der Waals surface area contributed by atoms with E-state index in [4.69, 9.17) is 4.42 Å². The van der Waals surface area contributed by atoms with Crippen LogP contribution in [-0.2, 0) is 0 Å². The highest BCUT2D eigenvalue weighted by Gasteiger charge is 2.30. The Morgan fingerprint density at radius 1 is 0.298 bits per heavy atom. The van der Waals surface area contributed by atoms with Crippen LogP contribution in [0.5, 0.6) is 0 Å². The highest BCUT2D eigenvalue weighted by molar-refractivity contribution is 6.22. The second-order valence-corrected chi connectivity index (χ2v) is 12.4. The maximum absolute atomic E-state index is 6.10. The summed E-state index contributed by atoms with van der Waals surface area (Å²) in [6, 6.07) is 61.6. The van der Waals surface area contributed by atoms with E-state index >= 15 is 0 Å². The number of furan rings is 1. The van der Waals surface area contributed by atoms with Crippen molar-refractivity contribution in [3.05, 3.63) is 170 Å². The summed E-state index contributed by atoms with van der Waals surface area (Å²) in [5.74, 6) is 0. The van der Waals surface area contributed by atoms with Crippen molar-refractivity contribution >= 4 is 32.7 Å². The normalized spacial score (nSPS) is 11.8. The molecule has 0 bridgehead atoms. The maximum atomic E-state index is 6.10. The monoisotopic (exact) mass is 596 g/mol. The molecule has 0 N–H and O–H groups in total. The molecule has 1 aromatic heterocycles. The summed E-state index contributed by atoms with van der Waals surface area (Å²) in [5, 5.41) is 4.92. The molecule has 8 aromatic carbocycles. The fourth-order valence-corrected chi connectivity index (χ4v) is 7.72. The van der Waals surface area contributed by atoms with Crippen LogP contribution >= 0.6 is 0 Å². The fraction of sp³-hybridized carbons (Fsp3) is 0. The van der Waals surface area contributed by atoms with Crippen molar-refractivity contribution in [3.63, 3.8) is 0 Å². The SMILES string of the molecule is c1ccc(-c2cc(-c3ccc(-c4ccc5oc6ccccc6c5c4)cc3)c(-c3ccccc3)c3c2-c2cccc4cccc-3c24)cc1. The van der Waals surface area contributed by atoms with Gasteiger partial charge in [-0.15, -0.1) is 0 Å². The van der Waals surface area contributed by atoms with Crippen LogP contribution < -0.4 is 0 Å². The molecular formula is C46H28O. The molecule has 1 nitrogen and oxygen atoms in total. The average Bonchev–Trinajstić information content (AvgIpc) is 3.69. The number of benzene rings is 8. The summed E-state index contributed by atoms with van der Waals surface area (Å²) < 4.78 is 6.10. The van der Waals surface area contributed by atoms with E-state index in [9.17, 15) is 0 Å². The summed E-state index contributed by atoms with van der Waals surface area (Å²) in [5.41, 5.74) is 16.9. The number of hydrogen-bond acceptors (Lipinski definition) is 1. The van der Waals surface area contributed by atoms with Crippen LogP contribution in [0.1, 0.15) is 0 Å². The second-order valence-electron chi connectivity index (χ2n) is 12.4. The standard InChI is InChI=1S/C46H28O/c1-3-11-30(12-4-1)39-28-38(31-23-21-29(22-24-31)34-25-26-42-40(27-34)35-17-7-8-20-41(35)47-42)44(33-13-5-2-6-14-33)46-37-19-10-16-32-15-9-18-36(43(32)37)45(39)46/h1-28H. The van der Waals surface area contributed by atoms with Gasteiger partial charge in [-0.1, -0.05) is 146 Å². The third-order valence-corrected chi connectivity index (χ3v) is 9.82. The molecule has 0 unspecified atom stereocenters. The van der Waals surface area contributed by atoms with E-state index in [2.05, 4.69) is 158 Å². The predicted molar refractivity (Wildman–Crippen MR) is 197 cm³/mol. The molecule has 0 atom stereocenters. The van der Waals surface area contributed by atoms with Gasteiger partial charge in [-0.3, -0.25) is 0 Å². The molecule has 1 heteroatoms. The zero-order valence-corrected chi connectivity index (χ0v) is 25.6. The van der Waals surface area contributed by atoms with E-state index in [0.29, 0.717) is 0 Å². The molecule has 0 aliphatic heterocycles. The lowest BCUT2D eigenvalue weighted by atomic mass is 9.82. The molecule has 1 heterocycles. The molecule has 0 fully saturated rings. The van der Waals surface area contributed by atoms with Crippen LogP contribution in [0.15, 0.2) is 174 Å². The summed E-state index contributed by atoms with van der Waals surface area (Å²) in [7, 11) is 0. The van der Waals surface area contributed by atoms with Gasteiger partial charge in [-0.25, -0.2) is 0 Å². The Balaban J connectivity index is 1.22. The third kappa shape index (κ3) is 3.97. The van der Waals surface area contributed by atoms with Crippen molar-refractivity contribution in [2.24, 2.45) is 0 Å². The van der Waals surface area contributed by atoms with Crippen molar-refractivity contribution in [2.45, 2.75) is 0 Å². The summed E-state index contributed by atoms with van der Waals surface area (Å²) in [6.07, 6.45) is 0. The van der Waals surface area contributed by atoms with Gasteiger partial charge in [0.2, 0.25) is 0 Å². The summed E-state index contributed by atoms with van der Waals surface area (Å²) in [6.45, 7) is 0. The lowest BCUT2D eigenvalue weighted by Gasteiger charge is -2.21. The van der Waals surface area contributed by atoms with E-state index in [-0.39, 0.29) is 0 Å². The van der Waals surface area contributed by atoms with Crippen LogP contribution in [-0.4, -0.2) is 0 Å². The Morgan fingerprint density at radius 3 is 1.64 bits per heavy atom. The van der Waals surface area contributed by atoms with E-state index < -0.39 is 0 Å². The van der Waals surface area contributed by atoms with E-state index in [1.54, 1.807) is 0 Å². The van der Waals surface area contributed by atoms with Gasteiger partial charge in [0.15, 0.2) is 0 Å². The van der Waals surface area contributed by atoms with Crippen LogP contribution in [0, 0.1) is 0 Å².